The number of nitrogens with zero attached hydrogens (tertiary/aromatic N) is 2. The minimum Gasteiger partial charge on any atom is -0.465 e. The summed E-state index contributed by atoms with van der Waals surface area (Å²) in [5.41, 5.74) is 0.672. The molecule has 2 rings (SSSR count). The van der Waals surface area contributed by atoms with Gasteiger partial charge in [0, 0.05) is 11.4 Å². The van der Waals surface area contributed by atoms with E-state index in [0.717, 1.165) is 6.20 Å². The Morgan fingerprint density at radius 2 is 2.38 bits per heavy atom. The Labute approximate surface area is 93.6 Å². The number of nitro groups is 1. The fraction of sp³-hybridized carbons (Fsp3) is 0.111. The zero-order valence-electron chi connectivity index (χ0n) is 8.17. The lowest BCUT2D eigenvalue weighted by molar-refractivity contribution is -0.385. The summed E-state index contributed by atoms with van der Waals surface area (Å²) in [5, 5.41) is 12.1. The molecule has 0 unspecified atom stereocenters. The first-order valence-electron chi connectivity index (χ1n) is 4.23. The molecule has 2 heterocycles. The van der Waals surface area contributed by atoms with E-state index in [4.69, 9.17) is 0 Å². The van der Waals surface area contributed by atoms with Crippen LogP contribution in [0.2, 0.25) is 0 Å². The van der Waals surface area contributed by atoms with Gasteiger partial charge in [0.2, 0.25) is 0 Å². The first-order chi connectivity index (χ1) is 7.63. The second-order valence-electron chi connectivity index (χ2n) is 2.94. The van der Waals surface area contributed by atoms with Crippen molar-refractivity contribution < 1.29 is 14.5 Å². The highest BCUT2D eigenvalue weighted by atomic mass is 32.1. The van der Waals surface area contributed by atoms with E-state index in [1.54, 1.807) is 5.38 Å². The van der Waals surface area contributed by atoms with E-state index in [-0.39, 0.29) is 5.69 Å². The van der Waals surface area contributed by atoms with Crippen LogP contribution in [0.4, 0.5) is 5.69 Å². The zero-order chi connectivity index (χ0) is 11.7. The minimum absolute atomic E-state index is 0.0919. The van der Waals surface area contributed by atoms with Crippen molar-refractivity contribution in [1.82, 2.24) is 4.98 Å². The van der Waals surface area contributed by atoms with Gasteiger partial charge in [-0.2, -0.15) is 0 Å². The van der Waals surface area contributed by atoms with E-state index in [2.05, 4.69) is 9.72 Å². The number of fused-ring (bicyclic) bond motifs is 1. The van der Waals surface area contributed by atoms with Crippen LogP contribution in [-0.2, 0) is 4.74 Å². The van der Waals surface area contributed by atoms with E-state index >= 15 is 0 Å². The van der Waals surface area contributed by atoms with E-state index in [1.807, 2.05) is 0 Å². The molecular formula is C9H6N2O4S. The topological polar surface area (TPSA) is 82.3 Å². The van der Waals surface area contributed by atoms with Crippen molar-refractivity contribution in [2.24, 2.45) is 0 Å². The number of pyridine rings is 1. The molecule has 0 radical (unpaired) electrons. The molecule has 2 aromatic rings. The van der Waals surface area contributed by atoms with Crippen LogP contribution in [0.15, 0.2) is 17.6 Å². The Bertz CT molecular complexity index is 578. The van der Waals surface area contributed by atoms with Gasteiger partial charge >= 0.3 is 5.97 Å². The Hall–Kier alpha value is -2.02. The molecule has 0 aromatic carbocycles. The second-order valence-corrected chi connectivity index (χ2v) is 3.85. The average molecular weight is 238 g/mol. The molecule has 0 N–H and O–H groups in total. The molecule has 7 heteroatoms. The van der Waals surface area contributed by atoms with Gasteiger partial charge in [-0.25, -0.2) is 9.78 Å². The lowest BCUT2D eigenvalue weighted by Crippen LogP contribution is -2.00. The number of carbonyl (C=O) groups is 1. The lowest BCUT2D eigenvalue weighted by Gasteiger charge is -1.95. The van der Waals surface area contributed by atoms with Crippen LogP contribution < -0.4 is 0 Å². The average Bonchev–Trinajstić information content (AvgIpc) is 2.70. The summed E-state index contributed by atoms with van der Waals surface area (Å²) < 4.78 is 5.17. The first kappa shape index (κ1) is 10.5. The monoisotopic (exact) mass is 238 g/mol. The molecule has 0 aliphatic carbocycles. The number of hydrogen-bond acceptors (Lipinski definition) is 6. The van der Waals surface area contributed by atoms with E-state index in [9.17, 15) is 14.9 Å². The Morgan fingerprint density at radius 3 is 3.00 bits per heavy atom. The summed E-state index contributed by atoms with van der Waals surface area (Å²) >= 11 is 1.22. The molecule has 0 atom stereocenters. The Morgan fingerprint density at radius 1 is 1.62 bits per heavy atom. The van der Waals surface area contributed by atoms with Gasteiger partial charge in [-0.3, -0.25) is 10.1 Å². The van der Waals surface area contributed by atoms with Crippen molar-refractivity contribution in [3.8, 4) is 0 Å². The molecule has 0 spiro atoms. The van der Waals surface area contributed by atoms with Crippen LogP contribution >= 0.6 is 11.3 Å². The third-order valence-corrected chi connectivity index (χ3v) is 2.93. The molecule has 0 aliphatic rings. The summed E-state index contributed by atoms with van der Waals surface area (Å²) in [6, 6.07) is 1.39. The fourth-order valence-electron chi connectivity index (χ4n) is 1.26. The number of carbonyl (C=O) groups excluding carboxylic acids is 1. The van der Waals surface area contributed by atoms with Gasteiger partial charge in [0.1, 0.15) is 6.20 Å². The number of ether oxygens (including phenoxy) is 1. The maximum absolute atomic E-state index is 11.3. The highest BCUT2D eigenvalue weighted by molar-refractivity contribution is 7.17. The number of methoxy groups -OCH3 is 1. The lowest BCUT2D eigenvalue weighted by atomic mass is 10.2. The number of thiophene rings is 1. The summed E-state index contributed by atoms with van der Waals surface area (Å²) in [6.07, 6.45) is 1.13. The van der Waals surface area contributed by atoms with Gasteiger partial charge in [0.25, 0.3) is 5.69 Å². The van der Waals surface area contributed by atoms with E-state index in [1.165, 1.54) is 24.5 Å². The summed E-state index contributed by atoms with van der Waals surface area (Å²) in [4.78, 5) is 25.2. The molecule has 0 saturated carbocycles. The van der Waals surface area contributed by atoms with Gasteiger partial charge in [-0.15, -0.1) is 11.3 Å². The molecular weight excluding hydrogens is 232 g/mol. The standard InChI is InChI=1S/C9H6N2O4S/c1-15-9(12)6-4-16-7-2-5(11(13)14)3-10-8(6)7/h2-4H,1H3. The van der Waals surface area contributed by atoms with E-state index in [0.29, 0.717) is 15.8 Å². The predicted octanol–water partition coefficient (Wildman–Crippen LogP) is 1.99. The maximum Gasteiger partial charge on any atom is 0.340 e. The molecule has 2 aromatic heterocycles. The van der Waals surface area contributed by atoms with Gasteiger partial charge in [-0.05, 0) is 0 Å². The summed E-state index contributed by atoms with van der Waals surface area (Å²) in [7, 11) is 1.28. The van der Waals surface area contributed by atoms with Crippen molar-refractivity contribution in [2.45, 2.75) is 0 Å². The molecule has 0 bridgehead atoms. The van der Waals surface area contributed by atoms with Gasteiger partial charge in [0.05, 0.1) is 27.8 Å². The molecule has 0 aliphatic heterocycles. The first-order valence-corrected chi connectivity index (χ1v) is 5.11. The summed E-state index contributed by atoms with van der Waals surface area (Å²) in [6.45, 7) is 0. The van der Waals surface area contributed by atoms with Crippen molar-refractivity contribution in [2.75, 3.05) is 7.11 Å². The van der Waals surface area contributed by atoms with Gasteiger partial charge in [-0.1, -0.05) is 0 Å². The minimum atomic E-state index is -0.524. The van der Waals surface area contributed by atoms with Crippen LogP contribution in [0, 0.1) is 10.1 Å². The van der Waals surface area contributed by atoms with Crippen molar-refractivity contribution in [3.05, 3.63) is 33.3 Å². The van der Waals surface area contributed by atoms with Crippen LogP contribution in [0.1, 0.15) is 10.4 Å². The van der Waals surface area contributed by atoms with Gasteiger partial charge in [0.15, 0.2) is 0 Å². The maximum atomic E-state index is 11.3. The molecule has 0 amide bonds. The predicted molar refractivity (Wildman–Crippen MR) is 57.6 cm³/mol. The van der Waals surface area contributed by atoms with Crippen LogP contribution in [0.5, 0.6) is 0 Å². The molecule has 6 nitrogen and oxygen atoms in total. The highest BCUT2D eigenvalue weighted by Crippen LogP contribution is 2.27. The fourth-order valence-corrected chi connectivity index (χ4v) is 2.17. The molecule has 82 valence electrons. The largest absolute Gasteiger partial charge is 0.465 e. The second kappa shape index (κ2) is 3.86. The number of rotatable bonds is 2. The normalized spacial score (nSPS) is 10.3. The van der Waals surface area contributed by atoms with Crippen LogP contribution in [0.25, 0.3) is 10.2 Å². The SMILES string of the molecule is COC(=O)c1csc2cc([N+](=O)[O-])cnc12. The van der Waals surface area contributed by atoms with Crippen molar-refractivity contribution in [1.29, 1.82) is 0 Å². The third-order valence-electron chi connectivity index (χ3n) is 2.01. The number of esters is 1. The number of hydrogen-bond donors (Lipinski definition) is 0. The number of aromatic nitrogens is 1. The van der Waals surface area contributed by atoms with Gasteiger partial charge < -0.3 is 4.74 Å². The smallest absolute Gasteiger partial charge is 0.340 e. The van der Waals surface area contributed by atoms with Crippen LogP contribution in [0.3, 0.4) is 0 Å². The quantitative estimate of drug-likeness (QED) is 0.454. The third kappa shape index (κ3) is 1.61. The van der Waals surface area contributed by atoms with Crippen molar-refractivity contribution in [3.63, 3.8) is 0 Å². The Kier molecular flexibility index (Phi) is 2.53. The van der Waals surface area contributed by atoms with Crippen molar-refractivity contribution >= 4 is 33.2 Å². The Balaban J connectivity index is 2.59. The highest BCUT2D eigenvalue weighted by Gasteiger charge is 2.16. The summed E-state index contributed by atoms with van der Waals surface area (Å²) in [5.74, 6) is -0.493. The molecule has 16 heavy (non-hydrogen) atoms. The van der Waals surface area contributed by atoms with E-state index < -0.39 is 10.9 Å². The van der Waals surface area contributed by atoms with Crippen LogP contribution in [-0.4, -0.2) is 23.0 Å². The molecule has 0 fully saturated rings. The molecule has 0 saturated heterocycles. The zero-order valence-corrected chi connectivity index (χ0v) is 8.98.